The van der Waals surface area contributed by atoms with Gasteiger partial charge in [-0.25, -0.2) is 4.39 Å². The molecule has 0 bridgehead atoms. The van der Waals surface area contributed by atoms with Crippen LogP contribution < -0.4 is 10.5 Å². The molecular formula is C12H16FNO. The lowest BCUT2D eigenvalue weighted by Crippen LogP contribution is -2.29. The Morgan fingerprint density at radius 1 is 1.53 bits per heavy atom. The van der Waals surface area contributed by atoms with Crippen LogP contribution in [0.4, 0.5) is 4.39 Å². The average Bonchev–Trinajstić information content (AvgIpc) is 2.75. The Hall–Kier alpha value is -1.09. The lowest BCUT2D eigenvalue weighted by Gasteiger charge is -2.24. The van der Waals surface area contributed by atoms with Crippen LogP contribution in [0.3, 0.4) is 0 Å². The molecule has 0 saturated heterocycles. The van der Waals surface area contributed by atoms with E-state index in [9.17, 15) is 4.39 Å². The summed E-state index contributed by atoms with van der Waals surface area (Å²) in [6.07, 6.45) is 1.25. The molecule has 0 radical (unpaired) electrons. The molecule has 2 rings (SSSR count). The van der Waals surface area contributed by atoms with Crippen LogP contribution in [0.15, 0.2) is 18.2 Å². The van der Waals surface area contributed by atoms with Gasteiger partial charge >= 0.3 is 0 Å². The van der Waals surface area contributed by atoms with Crippen molar-refractivity contribution >= 4 is 0 Å². The monoisotopic (exact) mass is 209 g/mol. The van der Waals surface area contributed by atoms with Crippen molar-refractivity contribution in [1.82, 2.24) is 0 Å². The number of para-hydroxylation sites is 1. The predicted octanol–water partition coefficient (Wildman–Crippen LogP) is 2.16. The van der Waals surface area contributed by atoms with Crippen LogP contribution in [0.5, 0.6) is 5.75 Å². The minimum Gasteiger partial charge on any atom is -0.493 e. The van der Waals surface area contributed by atoms with Crippen LogP contribution in [-0.2, 0) is 12.1 Å². The summed E-state index contributed by atoms with van der Waals surface area (Å²) in [4.78, 5) is 0. The standard InChI is InChI=1S/C12H16FNO/c1-2-12(13,8-14)10-5-3-4-9-6-7-15-11(9)10/h3-5H,2,6-8,14H2,1H3. The molecule has 0 amide bonds. The zero-order valence-electron chi connectivity index (χ0n) is 8.92. The van der Waals surface area contributed by atoms with E-state index in [-0.39, 0.29) is 6.54 Å². The summed E-state index contributed by atoms with van der Waals surface area (Å²) in [5.74, 6) is 0.715. The highest BCUT2D eigenvalue weighted by Gasteiger charge is 2.33. The van der Waals surface area contributed by atoms with Gasteiger partial charge in [-0.15, -0.1) is 0 Å². The summed E-state index contributed by atoms with van der Waals surface area (Å²) in [6, 6.07) is 5.64. The number of hydrogen-bond donors (Lipinski definition) is 1. The van der Waals surface area contributed by atoms with E-state index in [1.165, 1.54) is 0 Å². The average molecular weight is 209 g/mol. The number of nitrogens with two attached hydrogens (primary N) is 1. The molecule has 1 aliphatic heterocycles. The highest BCUT2D eigenvalue weighted by atomic mass is 19.1. The first kappa shape index (κ1) is 10.4. The summed E-state index contributed by atoms with van der Waals surface area (Å²) >= 11 is 0. The van der Waals surface area contributed by atoms with Gasteiger partial charge in [0.25, 0.3) is 0 Å². The third-order valence-electron chi connectivity index (χ3n) is 3.08. The molecule has 1 aliphatic rings. The van der Waals surface area contributed by atoms with Crippen molar-refractivity contribution < 1.29 is 9.13 Å². The largest absolute Gasteiger partial charge is 0.493 e. The SMILES string of the molecule is CCC(F)(CN)c1cccc2c1OCC2. The van der Waals surface area contributed by atoms with Crippen molar-refractivity contribution in [2.75, 3.05) is 13.2 Å². The van der Waals surface area contributed by atoms with Gasteiger partial charge in [-0.1, -0.05) is 25.1 Å². The molecule has 1 aromatic rings. The van der Waals surface area contributed by atoms with Crippen molar-refractivity contribution in [1.29, 1.82) is 0 Å². The van der Waals surface area contributed by atoms with Crippen LogP contribution in [0.2, 0.25) is 0 Å². The molecule has 3 heteroatoms. The lowest BCUT2D eigenvalue weighted by molar-refractivity contribution is 0.163. The molecule has 2 nitrogen and oxygen atoms in total. The van der Waals surface area contributed by atoms with Crippen molar-refractivity contribution in [3.63, 3.8) is 0 Å². The third kappa shape index (κ3) is 1.61. The zero-order valence-corrected chi connectivity index (χ0v) is 8.92. The van der Waals surface area contributed by atoms with E-state index >= 15 is 0 Å². The van der Waals surface area contributed by atoms with Gasteiger partial charge in [-0.3, -0.25) is 0 Å². The second kappa shape index (κ2) is 3.81. The zero-order chi connectivity index (χ0) is 10.9. The Labute approximate surface area is 89.2 Å². The van der Waals surface area contributed by atoms with Crippen LogP contribution >= 0.6 is 0 Å². The van der Waals surface area contributed by atoms with Crippen LogP contribution in [-0.4, -0.2) is 13.2 Å². The van der Waals surface area contributed by atoms with Crippen LogP contribution in [0.25, 0.3) is 0 Å². The first-order valence-electron chi connectivity index (χ1n) is 5.35. The Bertz CT molecular complexity index is 361. The highest BCUT2D eigenvalue weighted by molar-refractivity contribution is 5.47. The van der Waals surface area contributed by atoms with E-state index in [2.05, 4.69) is 0 Å². The summed E-state index contributed by atoms with van der Waals surface area (Å²) < 4.78 is 19.9. The summed E-state index contributed by atoms with van der Waals surface area (Å²) in [6.45, 7) is 2.46. The number of hydrogen-bond acceptors (Lipinski definition) is 2. The molecule has 1 unspecified atom stereocenters. The predicted molar refractivity (Wildman–Crippen MR) is 57.8 cm³/mol. The van der Waals surface area contributed by atoms with Crippen LogP contribution in [0, 0.1) is 0 Å². The topological polar surface area (TPSA) is 35.2 Å². The second-order valence-electron chi connectivity index (χ2n) is 3.92. The molecule has 1 aromatic carbocycles. The molecule has 1 heterocycles. The van der Waals surface area contributed by atoms with E-state index in [0.717, 1.165) is 12.0 Å². The van der Waals surface area contributed by atoms with E-state index in [0.29, 0.717) is 24.3 Å². The first-order valence-corrected chi connectivity index (χ1v) is 5.35. The fraction of sp³-hybridized carbons (Fsp3) is 0.500. The van der Waals surface area contributed by atoms with Gasteiger partial charge in [0.2, 0.25) is 0 Å². The Kier molecular flexibility index (Phi) is 2.65. The third-order valence-corrected chi connectivity index (χ3v) is 3.08. The molecule has 15 heavy (non-hydrogen) atoms. The lowest BCUT2D eigenvalue weighted by atomic mass is 9.91. The van der Waals surface area contributed by atoms with Gasteiger partial charge < -0.3 is 10.5 Å². The number of fused-ring (bicyclic) bond motifs is 1. The van der Waals surface area contributed by atoms with Crippen molar-refractivity contribution in [3.05, 3.63) is 29.3 Å². The maximum atomic E-state index is 14.4. The Balaban J connectivity index is 2.48. The number of ether oxygens (including phenoxy) is 1. The van der Waals surface area contributed by atoms with Crippen molar-refractivity contribution in [3.8, 4) is 5.75 Å². The van der Waals surface area contributed by atoms with E-state index in [1.54, 1.807) is 13.0 Å². The molecule has 0 fully saturated rings. The van der Waals surface area contributed by atoms with Gasteiger partial charge in [0, 0.05) is 18.5 Å². The maximum Gasteiger partial charge on any atom is 0.151 e. The fourth-order valence-electron chi connectivity index (χ4n) is 2.01. The molecule has 0 saturated carbocycles. The molecule has 82 valence electrons. The Morgan fingerprint density at radius 2 is 2.33 bits per heavy atom. The van der Waals surface area contributed by atoms with E-state index in [1.807, 2.05) is 12.1 Å². The van der Waals surface area contributed by atoms with Gasteiger partial charge in [0.1, 0.15) is 5.75 Å². The smallest absolute Gasteiger partial charge is 0.151 e. The number of alkyl halides is 1. The molecular weight excluding hydrogens is 193 g/mol. The molecule has 1 atom stereocenters. The van der Waals surface area contributed by atoms with E-state index in [4.69, 9.17) is 10.5 Å². The fourth-order valence-corrected chi connectivity index (χ4v) is 2.01. The summed E-state index contributed by atoms with van der Waals surface area (Å²) in [7, 11) is 0. The minimum absolute atomic E-state index is 0.00329. The van der Waals surface area contributed by atoms with E-state index < -0.39 is 5.67 Å². The van der Waals surface area contributed by atoms with Gasteiger partial charge in [0.15, 0.2) is 5.67 Å². The molecule has 2 N–H and O–H groups in total. The molecule has 0 spiro atoms. The summed E-state index contributed by atoms with van der Waals surface area (Å²) in [5.41, 5.74) is 5.77. The highest BCUT2D eigenvalue weighted by Crippen LogP contribution is 2.39. The molecule has 0 aromatic heterocycles. The number of halogens is 1. The normalized spacial score (nSPS) is 18.1. The summed E-state index contributed by atoms with van der Waals surface area (Å²) in [5, 5.41) is 0. The van der Waals surface area contributed by atoms with Crippen molar-refractivity contribution in [2.24, 2.45) is 5.73 Å². The minimum atomic E-state index is -1.45. The first-order chi connectivity index (χ1) is 7.21. The number of rotatable bonds is 3. The van der Waals surface area contributed by atoms with Gasteiger partial charge in [0.05, 0.1) is 6.61 Å². The molecule has 0 aliphatic carbocycles. The van der Waals surface area contributed by atoms with Gasteiger partial charge in [-0.05, 0) is 12.0 Å². The van der Waals surface area contributed by atoms with Gasteiger partial charge in [-0.2, -0.15) is 0 Å². The maximum absolute atomic E-state index is 14.4. The number of benzene rings is 1. The second-order valence-corrected chi connectivity index (χ2v) is 3.92. The Morgan fingerprint density at radius 3 is 3.00 bits per heavy atom. The van der Waals surface area contributed by atoms with Crippen molar-refractivity contribution in [2.45, 2.75) is 25.4 Å². The van der Waals surface area contributed by atoms with Crippen LogP contribution in [0.1, 0.15) is 24.5 Å². The quantitative estimate of drug-likeness (QED) is 0.828.